The molecule has 146 valence electrons. The normalized spacial score (nSPS) is 17.8. The molecule has 27 heavy (non-hydrogen) atoms. The van der Waals surface area contributed by atoms with E-state index in [-0.39, 0.29) is 5.91 Å². The number of amides is 1. The van der Waals surface area contributed by atoms with Gasteiger partial charge in [-0.05, 0) is 50.6 Å². The standard InChI is InChI=1S/C22H31N3OS/c1-3-4-12-20-24-17(2)21(27-20)22(26)23-14-19-11-8-13-25(16-19)15-18-9-6-5-7-10-18/h5-7,9-10,19H,3-4,8,11-16H2,1-2H3,(H,23,26). The summed E-state index contributed by atoms with van der Waals surface area (Å²) in [4.78, 5) is 20.5. The summed E-state index contributed by atoms with van der Waals surface area (Å²) in [5.41, 5.74) is 2.24. The second-order valence-electron chi connectivity index (χ2n) is 7.56. The zero-order valence-corrected chi connectivity index (χ0v) is 17.4. The number of benzene rings is 1. The lowest BCUT2D eigenvalue weighted by molar-refractivity contribution is 0.0934. The van der Waals surface area contributed by atoms with Crippen LogP contribution in [0.1, 0.15) is 58.5 Å². The van der Waals surface area contributed by atoms with Gasteiger partial charge < -0.3 is 5.32 Å². The second-order valence-corrected chi connectivity index (χ2v) is 8.65. The van der Waals surface area contributed by atoms with E-state index in [1.807, 2.05) is 6.92 Å². The average molecular weight is 386 g/mol. The molecule has 1 unspecified atom stereocenters. The van der Waals surface area contributed by atoms with Gasteiger partial charge in [-0.3, -0.25) is 9.69 Å². The summed E-state index contributed by atoms with van der Waals surface area (Å²) in [5.74, 6) is 0.576. The molecule has 1 fully saturated rings. The van der Waals surface area contributed by atoms with Crippen LogP contribution >= 0.6 is 11.3 Å². The van der Waals surface area contributed by atoms with Crippen LogP contribution in [0.4, 0.5) is 0 Å². The Labute approximate surface area is 167 Å². The van der Waals surface area contributed by atoms with E-state index in [0.717, 1.165) is 61.0 Å². The number of nitrogens with one attached hydrogen (secondary N) is 1. The quantitative estimate of drug-likeness (QED) is 0.731. The van der Waals surface area contributed by atoms with Gasteiger partial charge in [-0.25, -0.2) is 4.98 Å². The molecule has 1 aromatic carbocycles. The molecule has 2 aromatic rings. The lowest BCUT2D eigenvalue weighted by Gasteiger charge is -2.32. The van der Waals surface area contributed by atoms with Gasteiger partial charge in [0.05, 0.1) is 10.7 Å². The molecule has 0 aliphatic carbocycles. The van der Waals surface area contributed by atoms with Gasteiger partial charge in [-0.15, -0.1) is 11.3 Å². The smallest absolute Gasteiger partial charge is 0.263 e. The predicted molar refractivity (Wildman–Crippen MR) is 112 cm³/mol. The van der Waals surface area contributed by atoms with Crippen LogP contribution in [0.3, 0.4) is 0 Å². The van der Waals surface area contributed by atoms with E-state index in [1.165, 1.54) is 18.4 Å². The summed E-state index contributed by atoms with van der Waals surface area (Å²) in [5, 5.41) is 4.26. The van der Waals surface area contributed by atoms with Crippen LogP contribution in [-0.2, 0) is 13.0 Å². The molecule has 4 nitrogen and oxygen atoms in total. The molecule has 0 saturated carbocycles. The van der Waals surface area contributed by atoms with E-state index in [4.69, 9.17) is 0 Å². The highest BCUT2D eigenvalue weighted by Crippen LogP contribution is 2.21. The highest BCUT2D eigenvalue weighted by atomic mass is 32.1. The van der Waals surface area contributed by atoms with Gasteiger partial charge in [0, 0.05) is 19.6 Å². The second kappa shape index (κ2) is 10.00. The third-order valence-corrected chi connectivity index (χ3v) is 6.41. The number of thiazole rings is 1. The molecule has 2 heterocycles. The Morgan fingerprint density at radius 1 is 1.33 bits per heavy atom. The van der Waals surface area contributed by atoms with Crippen LogP contribution in [0.15, 0.2) is 30.3 Å². The first-order valence-corrected chi connectivity index (χ1v) is 11.0. The molecule has 0 bridgehead atoms. The van der Waals surface area contributed by atoms with Crippen molar-refractivity contribution in [2.45, 2.75) is 52.5 Å². The first-order chi connectivity index (χ1) is 13.2. The number of carbonyl (C=O) groups excluding carboxylic acids is 1. The fraction of sp³-hybridized carbons (Fsp3) is 0.545. The molecule has 1 aliphatic heterocycles. The SMILES string of the molecule is CCCCc1nc(C)c(C(=O)NCC2CCCN(Cc3ccccc3)C2)s1. The third kappa shape index (κ3) is 5.88. The molecular weight excluding hydrogens is 354 g/mol. The minimum atomic E-state index is 0.0490. The maximum Gasteiger partial charge on any atom is 0.263 e. The lowest BCUT2D eigenvalue weighted by atomic mass is 9.97. The number of aryl methyl sites for hydroxylation is 2. The van der Waals surface area contributed by atoms with Gasteiger partial charge in [0.2, 0.25) is 0 Å². The van der Waals surface area contributed by atoms with Crippen LogP contribution in [0.2, 0.25) is 0 Å². The molecule has 1 aromatic heterocycles. The third-order valence-electron chi connectivity index (χ3n) is 5.19. The summed E-state index contributed by atoms with van der Waals surface area (Å²) in [6.07, 6.45) is 5.66. The van der Waals surface area contributed by atoms with Gasteiger partial charge in [0.15, 0.2) is 0 Å². The average Bonchev–Trinajstić information content (AvgIpc) is 3.06. The van der Waals surface area contributed by atoms with Gasteiger partial charge in [-0.1, -0.05) is 43.7 Å². The summed E-state index contributed by atoms with van der Waals surface area (Å²) in [6, 6.07) is 10.6. The van der Waals surface area contributed by atoms with E-state index in [0.29, 0.717) is 5.92 Å². The summed E-state index contributed by atoms with van der Waals surface area (Å²) < 4.78 is 0. The molecule has 0 radical (unpaired) electrons. The Morgan fingerprint density at radius 2 is 2.15 bits per heavy atom. The molecule has 1 saturated heterocycles. The van der Waals surface area contributed by atoms with Gasteiger partial charge in [-0.2, -0.15) is 0 Å². The van der Waals surface area contributed by atoms with Crippen LogP contribution < -0.4 is 5.32 Å². The van der Waals surface area contributed by atoms with Crippen LogP contribution in [0, 0.1) is 12.8 Å². The largest absolute Gasteiger partial charge is 0.351 e. The van der Waals surface area contributed by atoms with Gasteiger partial charge in [0.25, 0.3) is 5.91 Å². The maximum atomic E-state index is 12.6. The first-order valence-electron chi connectivity index (χ1n) is 10.2. The monoisotopic (exact) mass is 385 g/mol. The highest BCUT2D eigenvalue weighted by molar-refractivity contribution is 7.13. The van der Waals surface area contributed by atoms with E-state index in [1.54, 1.807) is 11.3 Å². The molecule has 1 aliphatic rings. The highest BCUT2D eigenvalue weighted by Gasteiger charge is 2.22. The zero-order chi connectivity index (χ0) is 19.1. The molecule has 1 amide bonds. The number of likely N-dealkylation sites (tertiary alicyclic amines) is 1. The van der Waals surface area contributed by atoms with Crippen LogP contribution in [0.25, 0.3) is 0 Å². The number of piperidine rings is 1. The van der Waals surface area contributed by atoms with Crippen molar-refractivity contribution < 1.29 is 4.79 Å². The van der Waals surface area contributed by atoms with Crippen molar-refractivity contribution in [1.29, 1.82) is 0 Å². The molecule has 1 N–H and O–H groups in total. The Hall–Kier alpha value is -1.72. The Balaban J connectivity index is 1.49. The van der Waals surface area contributed by atoms with Crippen LogP contribution in [-0.4, -0.2) is 35.4 Å². The Kier molecular flexibility index (Phi) is 7.41. The fourth-order valence-corrected chi connectivity index (χ4v) is 4.74. The topological polar surface area (TPSA) is 45.2 Å². The van der Waals surface area contributed by atoms with Gasteiger partial charge >= 0.3 is 0 Å². The van der Waals surface area contributed by atoms with Crippen LogP contribution in [0.5, 0.6) is 0 Å². The summed E-state index contributed by atoms with van der Waals surface area (Å²) in [6.45, 7) is 8.08. The van der Waals surface area contributed by atoms with E-state index in [2.05, 4.69) is 52.5 Å². The van der Waals surface area contributed by atoms with E-state index >= 15 is 0 Å². The van der Waals surface area contributed by atoms with Crippen molar-refractivity contribution in [3.05, 3.63) is 51.5 Å². The minimum absolute atomic E-state index is 0.0490. The van der Waals surface area contributed by atoms with Crippen molar-refractivity contribution in [2.75, 3.05) is 19.6 Å². The van der Waals surface area contributed by atoms with Crippen molar-refractivity contribution >= 4 is 17.2 Å². The number of unbranched alkanes of at least 4 members (excludes halogenated alkanes) is 1. The summed E-state index contributed by atoms with van der Waals surface area (Å²) in [7, 11) is 0. The molecule has 5 heteroatoms. The molecule has 3 rings (SSSR count). The number of rotatable bonds is 8. The molecule has 1 atom stereocenters. The fourth-order valence-electron chi connectivity index (χ4n) is 3.72. The van der Waals surface area contributed by atoms with E-state index in [9.17, 15) is 4.79 Å². The Bertz CT molecular complexity index is 728. The number of nitrogens with zero attached hydrogens (tertiary/aromatic N) is 2. The van der Waals surface area contributed by atoms with Crippen molar-refractivity contribution in [2.24, 2.45) is 5.92 Å². The lowest BCUT2D eigenvalue weighted by Crippen LogP contribution is -2.40. The minimum Gasteiger partial charge on any atom is -0.351 e. The van der Waals surface area contributed by atoms with Gasteiger partial charge in [0.1, 0.15) is 4.88 Å². The zero-order valence-electron chi connectivity index (χ0n) is 16.5. The predicted octanol–water partition coefficient (Wildman–Crippen LogP) is 4.44. The van der Waals surface area contributed by atoms with Crippen molar-refractivity contribution in [3.8, 4) is 0 Å². The molecule has 0 spiro atoms. The number of aromatic nitrogens is 1. The first kappa shape index (κ1) is 20.0. The Morgan fingerprint density at radius 3 is 2.93 bits per heavy atom. The maximum absolute atomic E-state index is 12.6. The van der Waals surface area contributed by atoms with E-state index < -0.39 is 0 Å². The number of carbonyl (C=O) groups is 1. The van der Waals surface area contributed by atoms with Crippen molar-refractivity contribution in [3.63, 3.8) is 0 Å². The number of hydrogen-bond donors (Lipinski definition) is 1. The number of hydrogen-bond acceptors (Lipinski definition) is 4. The molecular formula is C22H31N3OS. The van der Waals surface area contributed by atoms with Crippen molar-refractivity contribution in [1.82, 2.24) is 15.2 Å². The summed E-state index contributed by atoms with van der Waals surface area (Å²) >= 11 is 1.56.